The van der Waals surface area contributed by atoms with Gasteiger partial charge in [0.15, 0.2) is 0 Å². The van der Waals surface area contributed by atoms with Crippen LogP contribution in [0.15, 0.2) is 0 Å². The van der Waals surface area contributed by atoms with Gasteiger partial charge in [-0.1, -0.05) is 34.1 Å². The van der Waals surface area contributed by atoms with Gasteiger partial charge in [0.2, 0.25) is 0 Å². The molecule has 9 heavy (non-hydrogen) atoms. The van der Waals surface area contributed by atoms with E-state index in [1.807, 2.05) is 13.8 Å². The lowest BCUT2D eigenvalue weighted by molar-refractivity contribution is -0.191. The van der Waals surface area contributed by atoms with E-state index in [9.17, 15) is 0 Å². The van der Waals surface area contributed by atoms with Crippen molar-refractivity contribution in [2.75, 3.05) is 0 Å². The van der Waals surface area contributed by atoms with E-state index in [0.717, 1.165) is 0 Å². The summed E-state index contributed by atoms with van der Waals surface area (Å²) >= 11 is 0. The van der Waals surface area contributed by atoms with Crippen LogP contribution in [0.2, 0.25) is 0 Å². The van der Waals surface area contributed by atoms with Crippen LogP contribution in [0.3, 0.4) is 0 Å². The fourth-order valence-electron chi connectivity index (χ4n) is 0. The molecule has 4 radical (unpaired) electrons. The van der Waals surface area contributed by atoms with E-state index < -0.39 is 0 Å². The molecule has 0 atom stereocenters. The third-order valence-corrected chi connectivity index (χ3v) is 0. The SMILES string of the molecule is CC.CCC.O=C=O.[C]. The van der Waals surface area contributed by atoms with Crippen molar-refractivity contribution >= 4 is 6.15 Å². The van der Waals surface area contributed by atoms with E-state index >= 15 is 0 Å². The largest absolute Gasteiger partial charge is 0.373 e. The lowest BCUT2D eigenvalue weighted by Gasteiger charge is -1.48. The quantitative estimate of drug-likeness (QED) is 0.502. The first-order valence-corrected chi connectivity index (χ1v) is 2.82. The second-order valence-electron chi connectivity index (χ2n) is 0.790. The zero-order chi connectivity index (χ0) is 7.41. The van der Waals surface area contributed by atoms with E-state index in [2.05, 4.69) is 13.8 Å². The first-order chi connectivity index (χ1) is 3.83. The van der Waals surface area contributed by atoms with Crippen molar-refractivity contribution in [2.45, 2.75) is 34.1 Å². The average Bonchev–Trinajstić information content (AvgIpc) is 1.75. The fraction of sp³-hybridized carbons (Fsp3) is 0.714. The van der Waals surface area contributed by atoms with E-state index in [-0.39, 0.29) is 13.6 Å². The lowest BCUT2D eigenvalue weighted by atomic mass is 10.6. The molecule has 0 aromatic carbocycles. The molecule has 0 amide bonds. The van der Waals surface area contributed by atoms with Gasteiger partial charge in [0.1, 0.15) is 0 Å². The molecule has 0 fully saturated rings. The van der Waals surface area contributed by atoms with Gasteiger partial charge >= 0.3 is 6.15 Å². The molecule has 0 aliphatic rings. The standard InChI is InChI=1S/C3H8.C2H6.CO2.C/c1-3-2;1-2;2-1-3;/h3H2,1-2H3;1-2H3;;. The molecule has 0 heterocycles. The highest BCUT2D eigenvalue weighted by atomic mass is 16.2. The van der Waals surface area contributed by atoms with Crippen molar-refractivity contribution < 1.29 is 9.59 Å². The Labute approximate surface area is 58.3 Å². The number of carbonyl (C=O) groups excluding carboxylic acids is 2. The topological polar surface area (TPSA) is 34.1 Å². The summed E-state index contributed by atoms with van der Waals surface area (Å²) in [5, 5.41) is 0. The molecular formula is C7H14O2. The van der Waals surface area contributed by atoms with Crippen molar-refractivity contribution in [1.82, 2.24) is 0 Å². The van der Waals surface area contributed by atoms with Crippen LogP contribution < -0.4 is 0 Å². The molecule has 0 saturated heterocycles. The monoisotopic (exact) mass is 130 g/mol. The zero-order valence-electron chi connectivity index (χ0n) is 6.52. The van der Waals surface area contributed by atoms with Gasteiger partial charge in [-0.05, 0) is 0 Å². The molecule has 0 spiro atoms. The maximum absolute atomic E-state index is 8.12. The van der Waals surface area contributed by atoms with E-state index in [1.54, 1.807) is 0 Å². The van der Waals surface area contributed by atoms with Crippen molar-refractivity contribution in [1.29, 1.82) is 0 Å². The molecule has 0 aliphatic carbocycles. The Balaban J connectivity index is -0.0000000202. The van der Waals surface area contributed by atoms with Gasteiger partial charge in [0.05, 0.1) is 0 Å². The molecule has 54 valence electrons. The van der Waals surface area contributed by atoms with Gasteiger partial charge in [0, 0.05) is 7.43 Å². The van der Waals surface area contributed by atoms with E-state index in [4.69, 9.17) is 9.59 Å². The Hall–Kier alpha value is -0.620. The van der Waals surface area contributed by atoms with Gasteiger partial charge in [-0.15, -0.1) is 0 Å². The van der Waals surface area contributed by atoms with E-state index in [1.165, 1.54) is 6.42 Å². The molecule has 0 rings (SSSR count). The molecule has 0 saturated carbocycles. The lowest BCUT2D eigenvalue weighted by Crippen LogP contribution is -1.27. The van der Waals surface area contributed by atoms with Crippen LogP contribution in [-0.4, -0.2) is 6.15 Å². The summed E-state index contributed by atoms with van der Waals surface area (Å²) < 4.78 is 0. The minimum Gasteiger partial charge on any atom is -0.186 e. The molecule has 2 heteroatoms. The highest BCUT2D eigenvalue weighted by Gasteiger charge is 1.35. The van der Waals surface area contributed by atoms with Gasteiger partial charge in [-0.3, -0.25) is 0 Å². The Morgan fingerprint density at radius 2 is 1.11 bits per heavy atom. The van der Waals surface area contributed by atoms with Crippen LogP contribution in [0.25, 0.3) is 0 Å². The van der Waals surface area contributed by atoms with Crippen LogP contribution in [0.1, 0.15) is 34.1 Å². The Bertz CT molecular complexity index is 36.2. The maximum atomic E-state index is 8.12. The normalized spacial score (nSPS) is 3.56. The van der Waals surface area contributed by atoms with Gasteiger partial charge in [-0.2, -0.15) is 9.59 Å². The minimum absolute atomic E-state index is 0. The second-order valence-corrected chi connectivity index (χ2v) is 0.790. The Morgan fingerprint density at radius 1 is 1.11 bits per heavy atom. The van der Waals surface area contributed by atoms with Crippen LogP contribution in [0.5, 0.6) is 0 Å². The van der Waals surface area contributed by atoms with Crippen LogP contribution >= 0.6 is 0 Å². The number of hydrogen-bond donors (Lipinski definition) is 0. The summed E-state index contributed by atoms with van der Waals surface area (Å²) in [6, 6.07) is 0. The smallest absolute Gasteiger partial charge is 0.186 e. The zero-order valence-corrected chi connectivity index (χ0v) is 6.52. The maximum Gasteiger partial charge on any atom is 0.373 e. The van der Waals surface area contributed by atoms with Crippen molar-refractivity contribution in [3.63, 3.8) is 0 Å². The molecule has 0 aliphatic heterocycles. The van der Waals surface area contributed by atoms with Crippen LogP contribution in [0.4, 0.5) is 0 Å². The number of hydrogen-bond acceptors (Lipinski definition) is 2. The van der Waals surface area contributed by atoms with Crippen molar-refractivity contribution in [2.24, 2.45) is 0 Å². The van der Waals surface area contributed by atoms with Crippen LogP contribution in [0, 0.1) is 7.43 Å². The first kappa shape index (κ1) is 23.8. The van der Waals surface area contributed by atoms with Crippen molar-refractivity contribution in [3.05, 3.63) is 7.43 Å². The first-order valence-electron chi connectivity index (χ1n) is 2.82. The van der Waals surface area contributed by atoms with Crippen molar-refractivity contribution in [3.8, 4) is 0 Å². The summed E-state index contributed by atoms with van der Waals surface area (Å²) in [6.07, 6.45) is 1.50. The summed E-state index contributed by atoms with van der Waals surface area (Å²) in [4.78, 5) is 16.2. The van der Waals surface area contributed by atoms with Gasteiger partial charge in [0.25, 0.3) is 0 Å². The summed E-state index contributed by atoms with van der Waals surface area (Å²) in [5.74, 6) is 0. The van der Waals surface area contributed by atoms with E-state index in [0.29, 0.717) is 0 Å². The predicted molar refractivity (Wildman–Crippen MR) is 35.6 cm³/mol. The van der Waals surface area contributed by atoms with Gasteiger partial charge in [-0.25, -0.2) is 0 Å². The molecule has 0 bridgehead atoms. The minimum atomic E-state index is 0. The average molecular weight is 130 g/mol. The number of rotatable bonds is 0. The summed E-state index contributed by atoms with van der Waals surface area (Å²) in [6.45, 7) is 8.25. The second kappa shape index (κ2) is 158. The highest BCUT2D eigenvalue weighted by Crippen LogP contribution is 1.56. The fourth-order valence-corrected chi connectivity index (χ4v) is 0. The predicted octanol–water partition coefficient (Wildman–Crippen LogP) is 1.94. The highest BCUT2D eigenvalue weighted by molar-refractivity contribution is 5.20. The Morgan fingerprint density at radius 3 is 1.11 bits per heavy atom. The summed E-state index contributed by atoms with van der Waals surface area (Å²) in [5.41, 5.74) is 0. The third kappa shape index (κ3) is 556. The molecule has 2 nitrogen and oxygen atoms in total. The van der Waals surface area contributed by atoms with Gasteiger partial charge < -0.3 is 0 Å². The van der Waals surface area contributed by atoms with Crippen LogP contribution in [-0.2, 0) is 9.59 Å². The molecule has 0 unspecified atom stereocenters. The molecule has 0 aromatic heterocycles. The summed E-state index contributed by atoms with van der Waals surface area (Å²) in [7, 11) is 0. The molecule has 0 aromatic rings. The molecule has 0 N–H and O–H groups in total. The molecular weight excluding hydrogens is 116 g/mol. The Kier molecular flexibility index (Phi) is 417. The third-order valence-electron chi connectivity index (χ3n) is 0.